The molecule has 3 heterocycles. The minimum absolute atomic E-state index is 0.402. The number of rotatable bonds is 4. The fourth-order valence-electron chi connectivity index (χ4n) is 4.08. The molecule has 0 radical (unpaired) electrons. The zero-order chi connectivity index (χ0) is 22.2. The van der Waals surface area contributed by atoms with Gasteiger partial charge in [0.05, 0.1) is 12.4 Å². The second kappa shape index (κ2) is 7.98. The van der Waals surface area contributed by atoms with Crippen molar-refractivity contribution in [3.05, 3.63) is 115 Å². The van der Waals surface area contributed by atoms with E-state index in [0.717, 1.165) is 42.9 Å². The lowest BCUT2D eigenvalue weighted by Crippen LogP contribution is -1.96. The highest BCUT2D eigenvalue weighted by molar-refractivity contribution is 7.99. The molecule has 0 amide bonds. The normalized spacial score (nSPS) is 11.7. The van der Waals surface area contributed by atoms with Gasteiger partial charge in [0.15, 0.2) is 0 Å². The summed E-state index contributed by atoms with van der Waals surface area (Å²) >= 11 is 1.65. The number of aromatic nitrogens is 3. The first-order valence-corrected chi connectivity index (χ1v) is 11.2. The molecule has 0 N–H and O–H groups in total. The van der Waals surface area contributed by atoms with Crippen molar-refractivity contribution in [1.29, 1.82) is 0 Å². The first-order chi connectivity index (χ1) is 16.3. The summed E-state index contributed by atoms with van der Waals surface area (Å²) < 4.78 is 10.6. The van der Waals surface area contributed by atoms with E-state index in [0.29, 0.717) is 11.9 Å². The Morgan fingerprint density at radius 2 is 1.47 bits per heavy atom. The second-order valence-electron chi connectivity index (χ2n) is 7.49. The second-order valence-corrected chi connectivity index (χ2v) is 8.58. The van der Waals surface area contributed by atoms with Gasteiger partial charge in [-0.2, -0.15) is 0 Å². The molecule has 0 fully saturated rings. The summed E-state index contributed by atoms with van der Waals surface area (Å²) in [6.45, 7) is 0. The van der Waals surface area contributed by atoms with E-state index in [2.05, 4.69) is 75.2 Å². The summed E-state index contributed by atoms with van der Waals surface area (Å²) in [7, 11) is 0. The molecule has 0 spiro atoms. The minimum Gasteiger partial charge on any atom is -0.294 e. The predicted octanol–water partition coefficient (Wildman–Crippen LogP) is 7.39. The molecule has 3 aromatic carbocycles. The van der Waals surface area contributed by atoms with Crippen LogP contribution in [0.15, 0.2) is 125 Å². The van der Waals surface area contributed by atoms with E-state index in [1.165, 1.54) is 0 Å². The van der Waals surface area contributed by atoms with E-state index in [-0.39, 0.29) is 0 Å². The topological polar surface area (TPSA) is 30.7 Å². The maximum Gasteiger partial charge on any atom is 0.137 e. The average molecular weight is 431 g/mol. The monoisotopic (exact) mass is 430 g/mol. The lowest BCUT2D eigenvalue weighted by atomic mass is 10.0. The molecule has 0 atom stereocenters. The standard InChI is InChI=1S/C28H19N3S/c1-2-11-25-23(10-1)24-15-14-21(19-26(24)31(25)27-12-3-5-16-29-27)20-8-7-9-22(18-20)32-28-13-4-6-17-30-28/h1-19H/i12D. The van der Waals surface area contributed by atoms with E-state index in [1.54, 1.807) is 30.1 Å². The highest BCUT2D eigenvalue weighted by atomic mass is 32.2. The van der Waals surface area contributed by atoms with Crippen molar-refractivity contribution in [2.45, 2.75) is 9.92 Å². The number of nitrogens with zero attached hydrogens (tertiary/aromatic N) is 3. The van der Waals surface area contributed by atoms with Crippen LogP contribution in [0.5, 0.6) is 0 Å². The van der Waals surface area contributed by atoms with Crippen LogP contribution in [0.2, 0.25) is 0 Å². The highest BCUT2D eigenvalue weighted by Gasteiger charge is 2.13. The van der Waals surface area contributed by atoms with Crippen LogP contribution in [-0.4, -0.2) is 14.5 Å². The summed E-state index contributed by atoms with van der Waals surface area (Å²) in [6, 6.07) is 33.3. The van der Waals surface area contributed by atoms with Gasteiger partial charge >= 0.3 is 0 Å². The van der Waals surface area contributed by atoms with Crippen LogP contribution in [0.1, 0.15) is 1.37 Å². The van der Waals surface area contributed by atoms with Crippen molar-refractivity contribution >= 4 is 33.6 Å². The average Bonchev–Trinajstić information content (AvgIpc) is 3.19. The summed E-state index contributed by atoms with van der Waals surface area (Å²) in [5.74, 6) is 0.639. The first-order valence-electron chi connectivity index (χ1n) is 10.9. The van der Waals surface area contributed by atoms with E-state index in [9.17, 15) is 0 Å². The van der Waals surface area contributed by atoms with Gasteiger partial charge < -0.3 is 0 Å². The number of hydrogen-bond donors (Lipinski definition) is 0. The van der Waals surface area contributed by atoms with Crippen molar-refractivity contribution in [2.24, 2.45) is 0 Å². The van der Waals surface area contributed by atoms with Crippen molar-refractivity contribution in [3.8, 4) is 16.9 Å². The Balaban J connectivity index is 1.52. The molecule has 0 saturated heterocycles. The molecule has 4 heteroatoms. The molecule has 6 aromatic rings. The van der Waals surface area contributed by atoms with Gasteiger partial charge in [0.1, 0.15) is 10.8 Å². The van der Waals surface area contributed by atoms with E-state index >= 15 is 0 Å². The summed E-state index contributed by atoms with van der Waals surface area (Å²) in [5, 5.41) is 3.28. The van der Waals surface area contributed by atoms with Crippen molar-refractivity contribution < 1.29 is 1.37 Å². The van der Waals surface area contributed by atoms with Crippen molar-refractivity contribution in [3.63, 3.8) is 0 Å². The molecule has 0 aliphatic heterocycles. The lowest BCUT2D eigenvalue weighted by molar-refractivity contribution is 1.08. The maximum absolute atomic E-state index is 8.46. The van der Waals surface area contributed by atoms with Gasteiger partial charge in [-0.25, -0.2) is 9.97 Å². The van der Waals surface area contributed by atoms with Gasteiger partial charge in [0.2, 0.25) is 0 Å². The Hall–Kier alpha value is -3.89. The Kier molecular flexibility index (Phi) is 4.43. The minimum atomic E-state index is 0.402. The van der Waals surface area contributed by atoms with Crippen LogP contribution in [0.4, 0.5) is 0 Å². The Morgan fingerprint density at radius 3 is 2.38 bits per heavy atom. The van der Waals surface area contributed by atoms with Gasteiger partial charge in [0, 0.05) is 28.1 Å². The molecule has 0 aliphatic carbocycles. The fraction of sp³-hybridized carbons (Fsp3) is 0. The molecule has 0 bridgehead atoms. The van der Waals surface area contributed by atoms with E-state index in [1.807, 2.05) is 30.5 Å². The Labute approximate surface area is 191 Å². The molecule has 0 unspecified atom stereocenters. The summed E-state index contributed by atoms with van der Waals surface area (Å²) in [6.07, 6.45) is 3.56. The molecule has 6 rings (SSSR count). The highest BCUT2D eigenvalue weighted by Crippen LogP contribution is 2.35. The summed E-state index contributed by atoms with van der Waals surface area (Å²) in [5.41, 5.74) is 4.36. The quantitative estimate of drug-likeness (QED) is 0.292. The van der Waals surface area contributed by atoms with Crippen molar-refractivity contribution in [2.75, 3.05) is 0 Å². The van der Waals surface area contributed by atoms with Crippen LogP contribution < -0.4 is 0 Å². The number of hydrogen-bond acceptors (Lipinski definition) is 3. The third-order valence-corrected chi connectivity index (χ3v) is 6.44. The zero-order valence-electron chi connectivity index (χ0n) is 18.1. The fourth-order valence-corrected chi connectivity index (χ4v) is 4.92. The molecular formula is C28H19N3S. The smallest absolute Gasteiger partial charge is 0.137 e. The van der Waals surface area contributed by atoms with Gasteiger partial charge in [-0.3, -0.25) is 4.57 Å². The zero-order valence-corrected chi connectivity index (χ0v) is 18.0. The number of pyridine rings is 2. The first kappa shape index (κ1) is 17.8. The number of fused-ring (bicyclic) bond motifs is 3. The van der Waals surface area contributed by atoms with E-state index < -0.39 is 0 Å². The van der Waals surface area contributed by atoms with Gasteiger partial charge in [-0.05, 0) is 59.6 Å². The predicted molar refractivity (Wildman–Crippen MR) is 132 cm³/mol. The molecule has 3 aromatic heterocycles. The van der Waals surface area contributed by atoms with Gasteiger partial charge in [-0.1, -0.05) is 66.4 Å². The molecule has 0 saturated carbocycles. The van der Waals surface area contributed by atoms with Crippen molar-refractivity contribution in [1.82, 2.24) is 14.5 Å². The number of para-hydroxylation sites is 1. The van der Waals surface area contributed by atoms with Crippen LogP contribution in [0.25, 0.3) is 38.8 Å². The lowest BCUT2D eigenvalue weighted by Gasteiger charge is -2.09. The van der Waals surface area contributed by atoms with Crippen LogP contribution in [0, 0.1) is 0 Å². The largest absolute Gasteiger partial charge is 0.294 e. The van der Waals surface area contributed by atoms with Gasteiger partial charge in [0.25, 0.3) is 0 Å². The molecule has 3 nitrogen and oxygen atoms in total. The molecule has 32 heavy (non-hydrogen) atoms. The third-order valence-electron chi connectivity index (χ3n) is 5.50. The number of benzene rings is 3. The maximum atomic E-state index is 8.46. The van der Waals surface area contributed by atoms with Gasteiger partial charge in [-0.15, -0.1) is 0 Å². The van der Waals surface area contributed by atoms with E-state index in [4.69, 9.17) is 1.37 Å². The van der Waals surface area contributed by atoms with Crippen LogP contribution in [0.3, 0.4) is 0 Å². The Bertz CT molecular complexity index is 1610. The summed E-state index contributed by atoms with van der Waals surface area (Å²) in [4.78, 5) is 10.1. The molecule has 0 aliphatic rings. The molecular weight excluding hydrogens is 410 g/mol. The van der Waals surface area contributed by atoms with Crippen LogP contribution >= 0.6 is 11.8 Å². The SMILES string of the molecule is [2H]c1cccnc1-n1c2ccccc2c2ccc(-c3cccc(Sc4ccccn4)c3)cc21. The third kappa shape index (κ3) is 3.35. The van der Waals surface area contributed by atoms with Crippen LogP contribution in [-0.2, 0) is 0 Å². The molecule has 152 valence electrons. The Morgan fingerprint density at radius 1 is 0.656 bits per heavy atom.